The van der Waals surface area contributed by atoms with Crippen LogP contribution >= 0.6 is 38.9 Å². The van der Waals surface area contributed by atoms with Gasteiger partial charge in [0.25, 0.3) is 11.2 Å². The Hall–Kier alpha value is -4.00. The lowest BCUT2D eigenvalue weighted by molar-refractivity contribution is -0.385. The zero-order valence-corrected chi connectivity index (χ0v) is 25.9. The van der Waals surface area contributed by atoms with Crippen LogP contribution < -0.4 is 19.6 Å². The molecule has 13 heteroatoms. The minimum Gasteiger partial charge on any atom is -0.497 e. The van der Waals surface area contributed by atoms with Crippen LogP contribution in [0.5, 0.6) is 5.75 Å². The summed E-state index contributed by atoms with van der Waals surface area (Å²) in [6.45, 7) is 5.22. The van der Waals surface area contributed by atoms with Gasteiger partial charge in [-0.3, -0.25) is 19.5 Å². The lowest BCUT2D eigenvalue weighted by Gasteiger charge is -2.25. The van der Waals surface area contributed by atoms with Gasteiger partial charge in [0, 0.05) is 17.7 Å². The average Bonchev–Trinajstić information content (AvgIpc) is 3.53. The Morgan fingerprint density at radius 3 is 2.60 bits per heavy atom. The van der Waals surface area contributed by atoms with E-state index in [0.29, 0.717) is 43.4 Å². The molecule has 0 fully saturated rings. The van der Waals surface area contributed by atoms with Gasteiger partial charge in [0.2, 0.25) is 0 Å². The summed E-state index contributed by atoms with van der Waals surface area (Å²) < 4.78 is 18.7. The van der Waals surface area contributed by atoms with Crippen molar-refractivity contribution >= 4 is 56.6 Å². The molecular formula is C29H23BrClN3O7S. The summed E-state index contributed by atoms with van der Waals surface area (Å²) in [7, 11) is 1.56. The van der Waals surface area contributed by atoms with E-state index in [0.717, 1.165) is 11.3 Å². The number of hydrogen-bond donors (Lipinski definition) is 0. The number of allylic oxidation sites excluding steroid dienone is 1. The van der Waals surface area contributed by atoms with Gasteiger partial charge >= 0.3 is 5.97 Å². The van der Waals surface area contributed by atoms with Crippen LogP contribution in [0.25, 0.3) is 17.4 Å². The molecule has 0 amide bonds. The molecule has 0 saturated heterocycles. The molecule has 4 aromatic rings. The number of thiazole rings is 1. The summed E-state index contributed by atoms with van der Waals surface area (Å²) in [5.74, 6) is 0.744. The van der Waals surface area contributed by atoms with E-state index >= 15 is 0 Å². The Labute approximate surface area is 256 Å². The van der Waals surface area contributed by atoms with Crippen molar-refractivity contribution in [3.05, 3.63) is 110 Å². The second kappa shape index (κ2) is 11.7. The predicted octanol–water partition coefficient (Wildman–Crippen LogP) is 5.78. The van der Waals surface area contributed by atoms with Crippen LogP contribution in [0.3, 0.4) is 0 Å². The number of hydrogen-bond acceptors (Lipinski definition) is 9. The fourth-order valence-electron chi connectivity index (χ4n) is 4.53. The van der Waals surface area contributed by atoms with E-state index in [-0.39, 0.29) is 32.4 Å². The average molecular weight is 673 g/mol. The second-order valence-corrected chi connectivity index (χ2v) is 11.8. The number of furan rings is 1. The summed E-state index contributed by atoms with van der Waals surface area (Å²) in [5.41, 5.74) is 1.22. The fraction of sp³-hybridized carbons (Fsp3) is 0.207. The molecule has 216 valence electrons. The Bertz CT molecular complexity index is 1940. The lowest BCUT2D eigenvalue weighted by Crippen LogP contribution is -2.40. The first-order chi connectivity index (χ1) is 20.0. The standard InChI is InChI=1S/C29H23BrClN3O7S/c1-14(2)40-28(36)24-15(3)32-29-33(26(24)16-5-7-18(39-4)8-6-16)27(35)23(42-29)13-19-9-10-22(41-19)17-11-20(31)25(30)21(12-17)34(37)38/h5-14,26H,1-4H3/b23-13-/t26-/m1/s1. The molecule has 1 atom stereocenters. The molecule has 0 radical (unpaired) electrons. The number of fused-ring (bicyclic) bond motifs is 1. The monoisotopic (exact) mass is 671 g/mol. The van der Waals surface area contributed by atoms with Crippen molar-refractivity contribution in [2.45, 2.75) is 32.9 Å². The van der Waals surface area contributed by atoms with E-state index in [2.05, 4.69) is 20.9 Å². The molecule has 10 nitrogen and oxygen atoms in total. The number of nitro benzene ring substituents is 1. The van der Waals surface area contributed by atoms with Crippen LogP contribution in [0.4, 0.5) is 5.69 Å². The van der Waals surface area contributed by atoms with Gasteiger partial charge in [-0.25, -0.2) is 9.79 Å². The first-order valence-electron chi connectivity index (χ1n) is 12.6. The summed E-state index contributed by atoms with van der Waals surface area (Å²) >= 11 is 10.5. The van der Waals surface area contributed by atoms with Crippen LogP contribution in [0.15, 0.2) is 78.5 Å². The predicted molar refractivity (Wildman–Crippen MR) is 161 cm³/mol. The van der Waals surface area contributed by atoms with Gasteiger partial charge in [0.15, 0.2) is 4.80 Å². The highest BCUT2D eigenvalue weighted by molar-refractivity contribution is 9.10. The highest BCUT2D eigenvalue weighted by Gasteiger charge is 2.34. The van der Waals surface area contributed by atoms with Crippen LogP contribution in [-0.2, 0) is 9.53 Å². The van der Waals surface area contributed by atoms with E-state index in [1.807, 2.05) is 0 Å². The number of carbonyl (C=O) groups is 1. The largest absolute Gasteiger partial charge is 0.497 e. The quantitative estimate of drug-likeness (QED) is 0.138. The molecule has 2 aromatic carbocycles. The molecule has 0 saturated carbocycles. The molecule has 0 spiro atoms. The van der Waals surface area contributed by atoms with Gasteiger partial charge in [-0.1, -0.05) is 35.1 Å². The maximum Gasteiger partial charge on any atom is 0.338 e. The van der Waals surface area contributed by atoms with Crippen molar-refractivity contribution in [3.63, 3.8) is 0 Å². The van der Waals surface area contributed by atoms with Gasteiger partial charge in [0.1, 0.15) is 21.7 Å². The van der Waals surface area contributed by atoms with Crippen molar-refractivity contribution in [1.29, 1.82) is 0 Å². The second-order valence-electron chi connectivity index (χ2n) is 9.56. The number of nitro groups is 1. The molecule has 0 N–H and O–H groups in total. The molecule has 1 aliphatic rings. The summed E-state index contributed by atoms with van der Waals surface area (Å²) in [5, 5.41) is 11.6. The minimum atomic E-state index is -0.779. The number of halogens is 2. The Morgan fingerprint density at radius 1 is 1.24 bits per heavy atom. The number of ether oxygens (including phenoxy) is 2. The van der Waals surface area contributed by atoms with Gasteiger partial charge in [-0.2, -0.15) is 0 Å². The Morgan fingerprint density at radius 2 is 1.95 bits per heavy atom. The number of aromatic nitrogens is 1. The van der Waals surface area contributed by atoms with E-state index in [1.165, 1.54) is 10.6 Å². The van der Waals surface area contributed by atoms with Gasteiger partial charge < -0.3 is 13.9 Å². The molecule has 42 heavy (non-hydrogen) atoms. The molecule has 3 heterocycles. The van der Waals surface area contributed by atoms with E-state index in [4.69, 9.17) is 25.5 Å². The zero-order chi connectivity index (χ0) is 30.3. The van der Waals surface area contributed by atoms with Crippen LogP contribution in [0.1, 0.15) is 38.1 Å². The summed E-state index contributed by atoms with van der Waals surface area (Å²) in [4.78, 5) is 43.0. The molecular weight excluding hydrogens is 650 g/mol. The number of carbonyl (C=O) groups excluding carboxylic acids is 1. The molecule has 0 unspecified atom stereocenters. The maximum absolute atomic E-state index is 13.8. The lowest BCUT2D eigenvalue weighted by atomic mass is 9.96. The third-order valence-electron chi connectivity index (χ3n) is 6.41. The van der Waals surface area contributed by atoms with E-state index in [1.54, 1.807) is 76.4 Å². The Kier molecular flexibility index (Phi) is 8.22. The van der Waals surface area contributed by atoms with Crippen molar-refractivity contribution in [3.8, 4) is 17.1 Å². The van der Waals surface area contributed by atoms with Gasteiger partial charge in [-0.15, -0.1) is 0 Å². The fourth-order valence-corrected chi connectivity index (χ4v) is 6.14. The van der Waals surface area contributed by atoms with E-state index < -0.39 is 16.9 Å². The number of benzene rings is 2. The van der Waals surface area contributed by atoms with E-state index in [9.17, 15) is 19.7 Å². The minimum absolute atomic E-state index is 0.158. The molecule has 5 rings (SSSR count). The maximum atomic E-state index is 13.8. The normalized spacial score (nSPS) is 15.0. The highest BCUT2D eigenvalue weighted by atomic mass is 79.9. The summed E-state index contributed by atoms with van der Waals surface area (Å²) in [6.07, 6.45) is 1.20. The third kappa shape index (κ3) is 5.57. The SMILES string of the molecule is COc1ccc([C@@H]2C(C(=O)OC(C)C)=C(C)N=c3s/c(=C\c4ccc(-c5cc(Cl)c(Br)c([N+](=O)[O-])c5)o4)c(=O)n32)cc1. The number of esters is 1. The van der Waals surface area contributed by atoms with Crippen molar-refractivity contribution < 1.29 is 23.6 Å². The van der Waals surface area contributed by atoms with Gasteiger partial charge in [-0.05, 0) is 72.6 Å². The molecule has 1 aliphatic heterocycles. The van der Waals surface area contributed by atoms with Crippen LogP contribution in [-0.4, -0.2) is 28.7 Å². The number of methoxy groups -OCH3 is 1. The van der Waals surface area contributed by atoms with Crippen LogP contribution in [0, 0.1) is 10.1 Å². The van der Waals surface area contributed by atoms with Crippen molar-refractivity contribution in [2.75, 3.05) is 7.11 Å². The highest BCUT2D eigenvalue weighted by Crippen LogP contribution is 2.37. The van der Waals surface area contributed by atoms with Crippen molar-refractivity contribution in [2.24, 2.45) is 4.99 Å². The third-order valence-corrected chi connectivity index (χ3v) is 8.75. The van der Waals surface area contributed by atoms with Crippen molar-refractivity contribution in [1.82, 2.24) is 4.57 Å². The smallest absolute Gasteiger partial charge is 0.338 e. The first kappa shape index (κ1) is 29.5. The van der Waals surface area contributed by atoms with Crippen LogP contribution in [0.2, 0.25) is 5.02 Å². The molecule has 0 aliphatic carbocycles. The summed E-state index contributed by atoms with van der Waals surface area (Å²) in [6, 6.07) is 12.5. The molecule has 0 bridgehead atoms. The first-order valence-corrected chi connectivity index (χ1v) is 14.6. The number of rotatable bonds is 7. The Balaban J connectivity index is 1.62. The van der Waals surface area contributed by atoms with Gasteiger partial charge in [0.05, 0.1) is 45.0 Å². The molecule has 2 aromatic heterocycles. The topological polar surface area (TPSA) is 126 Å². The number of nitrogens with zero attached hydrogens (tertiary/aromatic N) is 3. The zero-order valence-electron chi connectivity index (χ0n) is 22.7.